The molecular weight excluding hydrogens is 244 g/mol. The molecule has 1 saturated heterocycles. The summed E-state index contributed by atoms with van der Waals surface area (Å²) in [5.41, 5.74) is 7.06. The number of piperidine rings is 1. The highest BCUT2D eigenvalue weighted by molar-refractivity contribution is 5.01. The fraction of sp³-hybridized carbons (Fsp3) is 1.00. The van der Waals surface area contributed by atoms with Crippen LogP contribution in [0.2, 0.25) is 0 Å². The van der Waals surface area contributed by atoms with Gasteiger partial charge in [0.2, 0.25) is 0 Å². The lowest BCUT2D eigenvalue weighted by atomic mass is 9.67. The lowest BCUT2D eigenvalue weighted by molar-refractivity contribution is -0.0345. The highest BCUT2D eigenvalue weighted by Crippen LogP contribution is 2.43. The van der Waals surface area contributed by atoms with Crippen LogP contribution >= 0.6 is 0 Å². The van der Waals surface area contributed by atoms with Crippen molar-refractivity contribution in [2.75, 3.05) is 19.6 Å². The molecule has 2 N–H and O–H groups in total. The molecular formula is C18H36N2. The lowest BCUT2D eigenvalue weighted by Crippen LogP contribution is -2.62. The van der Waals surface area contributed by atoms with E-state index in [0.29, 0.717) is 11.0 Å². The number of rotatable bonds is 2. The predicted octanol–water partition coefficient (Wildman–Crippen LogP) is 3.90. The molecule has 0 aromatic carbocycles. The van der Waals surface area contributed by atoms with E-state index in [9.17, 15) is 0 Å². The second-order valence-corrected chi connectivity index (χ2v) is 8.72. The summed E-state index contributed by atoms with van der Waals surface area (Å²) in [4.78, 5) is 2.77. The van der Waals surface area contributed by atoms with Crippen molar-refractivity contribution in [1.29, 1.82) is 0 Å². The van der Waals surface area contributed by atoms with Gasteiger partial charge in [0.1, 0.15) is 0 Å². The van der Waals surface area contributed by atoms with Crippen molar-refractivity contribution in [3.8, 4) is 0 Å². The molecule has 2 nitrogen and oxygen atoms in total. The maximum absolute atomic E-state index is 6.30. The Balaban J connectivity index is 2.06. The lowest BCUT2D eigenvalue weighted by Gasteiger charge is -2.54. The number of hydrogen-bond acceptors (Lipinski definition) is 2. The van der Waals surface area contributed by atoms with E-state index in [2.05, 4.69) is 39.5 Å². The van der Waals surface area contributed by atoms with Crippen LogP contribution in [0.1, 0.15) is 66.7 Å². The van der Waals surface area contributed by atoms with Crippen molar-refractivity contribution >= 4 is 0 Å². The summed E-state index contributed by atoms with van der Waals surface area (Å²) in [7, 11) is 0. The first-order chi connectivity index (χ1) is 9.29. The minimum Gasteiger partial charge on any atom is -0.329 e. The van der Waals surface area contributed by atoms with Gasteiger partial charge in [-0.05, 0) is 61.9 Å². The van der Waals surface area contributed by atoms with Gasteiger partial charge in [-0.3, -0.25) is 4.90 Å². The standard InChI is InChI=1S/C18H36N2/c1-14-6-7-15(2)18(12-14,13-19)20-10-8-16(9-11-20)17(3,4)5/h14-16H,6-13,19H2,1-5H3. The van der Waals surface area contributed by atoms with Crippen LogP contribution in [-0.4, -0.2) is 30.1 Å². The predicted molar refractivity (Wildman–Crippen MR) is 87.7 cm³/mol. The van der Waals surface area contributed by atoms with Crippen LogP contribution in [0, 0.1) is 23.2 Å². The molecule has 3 unspecified atom stereocenters. The van der Waals surface area contributed by atoms with Gasteiger partial charge in [-0.25, -0.2) is 0 Å². The Morgan fingerprint density at radius 1 is 1.05 bits per heavy atom. The number of likely N-dealkylation sites (tertiary alicyclic amines) is 1. The van der Waals surface area contributed by atoms with Crippen molar-refractivity contribution in [3.05, 3.63) is 0 Å². The van der Waals surface area contributed by atoms with Gasteiger partial charge in [0.25, 0.3) is 0 Å². The maximum Gasteiger partial charge on any atom is 0.0359 e. The molecule has 1 heterocycles. The van der Waals surface area contributed by atoms with E-state index >= 15 is 0 Å². The van der Waals surface area contributed by atoms with E-state index < -0.39 is 0 Å². The minimum atomic E-state index is 0.292. The Hall–Kier alpha value is -0.0800. The smallest absolute Gasteiger partial charge is 0.0359 e. The summed E-state index contributed by atoms with van der Waals surface area (Å²) in [6.07, 6.45) is 6.77. The largest absolute Gasteiger partial charge is 0.329 e. The average molecular weight is 280 g/mol. The van der Waals surface area contributed by atoms with Crippen LogP contribution in [0.25, 0.3) is 0 Å². The van der Waals surface area contributed by atoms with Crippen LogP contribution in [0.5, 0.6) is 0 Å². The van der Waals surface area contributed by atoms with Crippen LogP contribution in [0.15, 0.2) is 0 Å². The summed E-state index contributed by atoms with van der Waals surface area (Å²) in [5.74, 6) is 2.48. The second-order valence-electron chi connectivity index (χ2n) is 8.72. The zero-order chi connectivity index (χ0) is 15.0. The van der Waals surface area contributed by atoms with Crippen LogP contribution in [0.3, 0.4) is 0 Å². The van der Waals surface area contributed by atoms with E-state index in [1.54, 1.807) is 0 Å². The Morgan fingerprint density at radius 2 is 1.65 bits per heavy atom. The highest BCUT2D eigenvalue weighted by Gasteiger charge is 2.45. The molecule has 1 aliphatic heterocycles. The summed E-state index contributed by atoms with van der Waals surface area (Å²) < 4.78 is 0. The Morgan fingerprint density at radius 3 is 2.15 bits per heavy atom. The minimum absolute atomic E-state index is 0.292. The van der Waals surface area contributed by atoms with Gasteiger partial charge in [0.05, 0.1) is 0 Å². The van der Waals surface area contributed by atoms with Gasteiger partial charge >= 0.3 is 0 Å². The van der Waals surface area contributed by atoms with E-state index in [1.807, 2.05) is 0 Å². The summed E-state index contributed by atoms with van der Waals surface area (Å²) >= 11 is 0. The molecule has 2 fully saturated rings. The first-order valence-corrected chi connectivity index (χ1v) is 8.74. The van der Waals surface area contributed by atoms with Crippen molar-refractivity contribution < 1.29 is 0 Å². The first-order valence-electron chi connectivity index (χ1n) is 8.74. The Labute approximate surface area is 126 Å². The maximum atomic E-state index is 6.30. The molecule has 0 aromatic rings. The normalized spacial score (nSPS) is 38.1. The van der Waals surface area contributed by atoms with Crippen LogP contribution in [0.4, 0.5) is 0 Å². The van der Waals surface area contributed by atoms with Crippen molar-refractivity contribution in [3.63, 3.8) is 0 Å². The van der Waals surface area contributed by atoms with E-state index in [-0.39, 0.29) is 0 Å². The number of nitrogens with two attached hydrogens (primary N) is 1. The van der Waals surface area contributed by atoms with Crippen LogP contribution < -0.4 is 5.73 Å². The number of nitrogens with zero attached hydrogens (tertiary/aromatic N) is 1. The second kappa shape index (κ2) is 5.96. The summed E-state index contributed by atoms with van der Waals surface area (Å²) in [6.45, 7) is 15.4. The molecule has 1 aliphatic carbocycles. The van der Waals surface area contributed by atoms with Crippen molar-refractivity contribution in [2.24, 2.45) is 28.9 Å². The molecule has 0 radical (unpaired) electrons. The summed E-state index contributed by atoms with van der Waals surface area (Å²) in [5, 5.41) is 0. The van der Waals surface area contributed by atoms with Crippen LogP contribution in [-0.2, 0) is 0 Å². The first kappa shape index (κ1) is 16.3. The fourth-order valence-corrected chi connectivity index (χ4v) is 4.76. The van der Waals surface area contributed by atoms with Gasteiger partial charge in [-0.2, -0.15) is 0 Å². The Bertz CT molecular complexity index is 312. The van der Waals surface area contributed by atoms with Crippen molar-refractivity contribution in [1.82, 2.24) is 4.90 Å². The molecule has 118 valence electrons. The molecule has 20 heavy (non-hydrogen) atoms. The molecule has 2 rings (SSSR count). The monoisotopic (exact) mass is 280 g/mol. The molecule has 2 aliphatic rings. The SMILES string of the molecule is CC1CCC(C)C(CN)(N2CCC(C(C)(C)C)CC2)C1. The summed E-state index contributed by atoms with van der Waals surface area (Å²) in [6, 6.07) is 0. The highest BCUT2D eigenvalue weighted by atomic mass is 15.2. The van der Waals surface area contributed by atoms with E-state index in [4.69, 9.17) is 5.73 Å². The van der Waals surface area contributed by atoms with E-state index in [0.717, 1.165) is 24.3 Å². The fourth-order valence-electron chi connectivity index (χ4n) is 4.76. The molecule has 2 heteroatoms. The molecule has 3 atom stereocenters. The van der Waals surface area contributed by atoms with Crippen molar-refractivity contribution in [2.45, 2.75) is 72.3 Å². The average Bonchev–Trinajstić information content (AvgIpc) is 2.41. The quantitative estimate of drug-likeness (QED) is 0.831. The molecule has 0 bridgehead atoms. The van der Waals surface area contributed by atoms with Gasteiger partial charge in [0.15, 0.2) is 0 Å². The van der Waals surface area contributed by atoms with Gasteiger partial charge in [-0.15, -0.1) is 0 Å². The zero-order valence-electron chi connectivity index (χ0n) is 14.4. The molecule has 0 amide bonds. The molecule has 1 saturated carbocycles. The molecule has 0 spiro atoms. The van der Waals surface area contributed by atoms with Gasteiger partial charge < -0.3 is 5.73 Å². The third-order valence-electron chi connectivity index (χ3n) is 6.41. The van der Waals surface area contributed by atoms with Gasteiger partial charge in [0, 0.05) is 12.1 Å². The van der Waals surface area contributed by atoms with E-state index in [1.165, 1.54) is 45.2 Å². The molecule has 0 aromatic heterocycles. The Kier molecular flexibility index (Phi) is 4.86. The third-order valence-corrected chi connectivity index (χ3v) is 6.41. The van der Waals surface area contributed by atoms with Gasteiger partial charge in [-0.1, -0.05) is 41.0 Å². The third kappa shape index (κ3) is 3.06. The number of hydrogen-bond donors (Lipinski definition) is 1. The topological polar surface area (TPSA) is 29.3 Å². The zero-order valence-corrected chi connectivity index (χ0v) is 14.4.